The lowest BCUT2D eigenvalue weighted by molar-refractivity contribution is -0.927. The van der Waals surface area contributed by atoms with Crippen molar-refractivity contribution in [2.75, 3.05) is 31.5 Å². The molecule has 156 valence electrons. The van der Waals surface area contributed by atoms with E-state index in [9.17, 15) is 13.2 Å². The number of nitrogens with one attached hydrogen (secondary N) is 2. The lowest BCUT2D eigenvalue weighted by Crippen LogP contribution is -3.18. The number of benzene rings is 2. The highest BCUT2D eigenvalue weighted by atomic mass is 32.2. The third kappa shape index (κ3) is 5.65. The maximum Gasteiger partial charge on any atom is 0.243 e. The molecule has 1 saturated heterocycles. The van der Waals surface area contributed by atoms with Crippen LogP contribution in [0.15, 0.2) is 59.5 Å². The molecule has 1 amide bonds. The number of quaternary nitrogens is 1. The van der Waals surface area contributed by atoms with Gasteiger partial charge >= 0.3 is 0 Å². The van der Waals surface area contributed by atoms with Crippen molar-refractivity contribution in [3.05, 3.63) is 60.2 Å². The molecule has 0 saturated carbocycles. The van der Waals surface area contributed by atoms with Gasteiger partial charge < -0.3 is 10.2 Å². The summed E-state index contributed by atoms with van der Waals surface area (Å²) in [5.41, 5.74) is 1.95. The molecule has 1 heterocycles. The van der Waals surface area contributed by atoms with Crippen LogP contribution < -0.4 is 10.2 Å². The molecule has 3 rings (SSSR count). The Morgan fingerprint density at radius 1 is 1.07 bits per heavy atom. The van der Waals surface area contributed by atoms with Crippen molar-refractivity contribution in [2.24, 2.45) is 0 Å². The molecule has 29 heavy (non-hydrogen) atoms. The largest absolute Gasteiger partial charge is 0.331 e. The van der Waals surface area contributed by atoms with Gasteiger partial charge in [0.1, 0.15) is 0 Å². The Bertz CT molecular complexity index is 906. The van der Waals surface area contributed by atoms with Gasteiger partial charge in [0.05, 0.1) is 37.1 Å². The Labute approximate surface area is 173 Å². The molecule has 1 fully saturated rings. The molecular weight excluding hydrogens is 386 g/mol. The molecule has 0 radical (unpaired) electrons. The predicted molar refractivity (Wildman–Crippen MR) is 114 cm³/mol. The summed E-state index contributed by atoms with van der Waals surface area (Å²) in [4.78, 5) is 12.9. The number of hydrogen-bond acceptors (Lipinski definition) is 3. The van der Waals surface area contributed by atoms with Crippen LogP contribution in [-0.2, 0) is 21.2 Å². The fraction of sp³-hybridized carbons (Fsp3) is 0.409. The molecule has 7 heteroatoms. The normalized spacial score (nSPS) is 17.0. The zero-order chi connectivity index (χ0) is 20.9. The minimum Gasteiger partial charge on any atom is -0.331 e. The standard InChI is InChI=1S/C22H29N3O3S/c1-18(8-9-20-6-4-3-5-7-20)24-14-16-25(17-15-24)29(27,28)22-12-10-21(11-13-22)23-19(2)26/h3-7,10-13,18H,8-9,14-17H2,1-2H3,(H,23,26)/p+1. The number of anilines is 1. The molecule has 1 aliphatic heterocycles. The van der Waals surface area contributed by atoms with E-state index in [2.05, 4.69) is 36.5 Å². The van der Waals surface area contributed by atoms with Crippen LogP contribution in [0.25, 0.3) is 0 Å². The molecule has 1 aliphatic rings. The van der Waals surface area contributed by atoms with Gasteiger partial charge in [-0.2, -0.15) is 4.31 Å². The van der Waals surface area contributed by atoms with Crippen LogP contribution in [-0.4, -0.2) is 50.9 Å². The van der Waals surface area contributed by atoms with Crippen LogP contribution in [0.5, 0.6) is 0 Å². The molecule has 1 atom stereocenters. The minimum atomic E-state index is -3.50. The van der Waals surface area contributed by atoms with E-state index >= 15 is 0 Å². The predicted octanol–water partition coefficient (Wildman–Crippen LogP) is 1.56. The van der Waals surface area contributed by atoms with E-state index in [1.807, 2.05) is 6.07 Å². The molecular formula is C22H30N3O3S+. The Kier molecular flexibility index (Phi) is 7.05. The van der Waals surface area contributed by atoms with Crippen LogP contribution in [0, 0.1) is 0 Å². The van der Waals surface area contributed by atoms with Crippen LogP contribution >= 0.6 is 0 Å². The molecule has 0 aromatic heterocycles. The average molecular weight is 417 g/mol. The first-order chi connectivity index (χ1) is 13.9. The quantitative estimate of drug-likeness (QED) is 0.720. The van der Waals surface area contributed by atoms with Crippen molar-refractivity contribution >= 4 is 21.6 Å². The third-order valence-electron chi connectivity index (χ3n) is 5.58. The fourth-order valence-corrected chi connectivity index (χ4v) is 5.24. The van der Waals surface area contributed by atoms with Gasteiger partial charge in [0.2, 0.25) is 15.9 Å². The van der Waals surface area contributed by atoms with Crippen molar-refractivity contribution in [3.8, 4) is 0 Å². The summed E-state index contributed by atoms with van der Waals surface area (Å²) < 4.78 is 27.5. The van der Waals surface area contributed by atoms with Crippen LogP contribution in [0.1, 0.15) is 25.8 Å². The highest BCUT2D eigenvalue weighted by molar-refractivity contribution is 7.89. The lowest BCUT2D eigenvalue weighted by Gasteiger charge is -2.35. The van der Waals surface area contributed by atoms with Gasteiger partial charge in [-0.3, -0.25) is 4.79 Å². The summed E-state index contributed by atoms with van der Waals surface area (Å²) >= 11 is 0. The second kappa shape index (κ2) is 9.52. The molecule has 0 spiro atoms. The van der Waals surface area contributed by atoms with Gasteiger partial charge in [-0.05, 0) is 43.2 Å². The smallest absolute Gasteiger partial charge is 0.243 e. The third-order valence-corrected chi connectivity index (χ3v) is 7.50. The zero-order valence-electron chi connectivity index (χ0n) is 17.1. The highest BCUT2D eigenvalue weighted by Gasteiger charge is 2.32. The van der Waals surface area contributed by atoms with Gasteiger partial charge in [0.15, 0.2) is 0 Å². The number of carbonyl (C=O) groups is 1. The second-order valence-corrected chi connectivity index (χ2v) is 9.63. The van der Waals surface area contributed by atoms with Crippen LogP contribution in [0.2, 0.25) is 0 Å². The lowest BCUT2D eigenvalue weighted by atomic mass is 10.0. The Morgan fingerprint density at radius 3 is 2.28 bits per heavy atom. The summed E-state index contributed by atoms with van der Waals surface area (Å²) in [5.74, 6) is -0.180. The first-order valence-electron chi connectivity index (χ1n) is 10.1. The Morgan fingerprint density at radius 2 is 1.69 bits per heavy atom. The average Bonchev–Trinajstić information content (AvgIpc) is 2.73. The summed E-state index contributed by atoms with van der Waals surface area (Å²) in [5, 5.41) is 2.65. The van der Waals surface area contributed by atoms with E-state index in [-0.39, 0.29) is 10.8 Å². The number of carbonyl (C=O) groups excluding carboxylic acids is 1. The van der Waals surface area contributed by atoms with E-state index in [1.165, 1.54) is 17.4 Å². The van der Waals surface area contributed by atoms with Crippen molar-refractivity contribution in [3.63, 3.8) is 0 Å². The number of rotatable bonds is 7. The first kappa shape index (κ1) is 21.5. The van der Waals surface area contributed by atoms with Gasteiger partial charge in [0.25, 0.3) is 0 Å². The molecule has 2 N–H and O–H groups in total. The number of hydrogen-bond donors (Lipinski definition) is 2. The monoisotopic (exact) mass is 416 g/mol. The second-order valence-electron chi connectivity index (χ2n) is 7.69. The van der Waals surface area contributed by atoms with Gasteiger partial charge in [-0.25, -0.2) is 8.42 Å². The van der Waals surface area contributed by atoms with Gasteiger partial charge in [-0.1, -0.05) is 30.3 Å². The van der Waals surface area contributed by atoms with E-state index in [4.69, 9.17) is 0 Å². The topological polar surface area (TPSA) is 70.9 Å². The van der Waals surface area contributed by atoms with Gasteiger partial charge in [-0.15, -0.1) is 0 Å². The van der Waals surface area contributed by atoms with Gasteiger partial charge in [0, 0.05) is 19.0 Å². The summed E-state index contributed by atoms with van der Waals surface area (Å²) in [6.45, 7) is 6.37. The maximum absolute atomic E-state index is 12.9. The Hall–Kier alpha value is -2.22. The molecule has 0 aliphatic carbocycles. The van der Waals surface area contributed by atoms with Crippen LogP contribution in [0.3, 0.4) is 0 Å². The van der Waals surface area contributed by atoms with E-state index in [1.54, 1.807) is 28.6 Å². The summed E-state index contributed by atoms with van der Waals surface area (Å²) in [7, 11) is -3.50. The van der Waals surface area contributed by atoms with Crippen molar-refractivity contribution in [1.29, 1.82) is 0 Å². The molecule has 0 bridgehead atoms. The number of piperazine rings is 1. The highest BCUT2D eigenvalue weighted by Crippen LogP contribution is 2.18. The number of amides is 1. The Balaban J connectivity index is 1.54. The van der Waals surface area contributed by atoms with Crippen molar-refractivity contribution < 1.29 is 18.1 Å². The van der Waals surface area contributed by atoms with Crippen molar-refractivity contribution in [1.82, 2.24) is 4.31 Å². The van der Waals surface area contributed by atoms with Crippen LogP contribution in [0.4, 0.5) is 5.69 Å². The van der Waals surface area contributed by atoms with E-state index in [0.29, 0.717) is 24.8 Å². The maximum atomic E-state index is 12.9. The molecule has 1 unspecified atom stereocenters. The number of sulfonamides is 1. The molecule has 6 nitrogen and oxygen atoms in total. The van der Waals surface area contributed by atoms with E-state index in [0.717, 1.165) is 25.9 Å². The zero-order valence-corrected chi connectivity index (χ0v) is 17.9. The molecule has 2 aromatic carbocycles. The number of nitrogens with zero attached hydrogens (tertiary/aromatic N) is 1. The summed E-state index contributed by atoms with van der Waals surface area (Å²) in [6.07, 6.45) is 2.14. The number of aryl methyl sites for hydroxylation is 1. The minimum absolute atomic E-state index is 0.180. The van der Waals surface area contributed by atoms with Crippen molar-refractivity contribution in [2.45, 2.75) is 37.6 Å². The summed E-state index contributed by atoms with van der Waals surface area (Å²) in [6, 6.07) is 17.3. The first-order valence-corrected chi connectivity index (χ1v) is 11.6. The SMILES string of the molecule is CC(=O)Nc1ccc(S(=O)(=O)N2CC[NH+](C(C)CCc3ccccc3)CC2)cc1. The molecule has 2 aromatic rings. The fourth-order valence-electron chi connectivity index (χ4n) is 3.80. The van der Waals surface area contributed by atoms with E-state index < -0.39 is 10.0 Å².